The van der Waals surface area contributed by atoms with E-state index in [1.807, 2.05) is 68.4 Å². The molecule has 1 amide bonds. The number of halogens is 1. The summed E-state index contributed by atoms with van der Waals surface area (Å²) in [5, 5.41) is 9.00. The molecule has 0 aliphatic carbocycles. The molecule has 182 valence electrons. The molecule has 0 radical (unpaired) electrons. The number of carbonyl (C=O) groups is 1. The van der Waals surface area contributed by atoms with Crippen LogP contribution in [0.25, 0.3) is 0 Å². The summed E-state index contributed by atoms with van der Waals surface area (Å²) in [7, 11) is 0. The third-order valence-corrected chi connectivity index (χ3v) is 4.63. The first-order valence-electron chi connectivity index (χ1n) is 11.8. The summed E-state index contributed by atoms with van der Waals surface area (Å²) in [6.07, 6.45) is -0.497. The highest BCUT2D eigenvalue weighted by Gasteiger charge is 2.36. The molecule has 7 heteroatoms. The number of ether oxygens (including phenoxy) is 2. The first-order valence-corrected chi connectivity index (χ1v) is 11.8. The fraction of sp³-hybridized carbons (Fsp3) is 0.680. The van der Waals surface area contributed by atoms with Gasteiger partial charge in [-0.05, 0) is 38.5 Å². The molecule has 0 saturated carbocycles. The minimum absolute atomic E-state index is 0.0305. The highest BCUT2D eigenvalue weighted by atomic mass is 19.1. The lowest BCUT2D eigenvalue weighted by molar-refractivity contribution is -0.0906. The van der Waals surface area contributed by atoms with Crippen molar-refractivity contribution in [1.82, 2.24) is 9.80 Å². The van der Waals surface area contributed by atoms with E-state index in [1.165, 1.54) is 6.07 Å². The predicted molar refractivity (Wildman–Crippen MR) is 127 cm³/mol. The van der Waals surface area contributed by atoms with Crippen LogP contribution < -0.4 is 0 Å². The molecule has 2 unspecified atom stereocenters. The van der Waals surface area contributed by atoms with Gasteiger partial charge in [-0.3, -0.25) is 4.90 Å². The lowest BCUT2D eigenvalue weighted by atomic mass is 10.0. The van der Waals surface area contributed by atoms with E-state index in [1.54, 1.807) is 17.0 Å². The number of morpholine rings is 1. The fourth-order valence-corrected chi connectivity index (χ4v) is 3.31. The first-order chi connectivity index (χ1) is 15.3. The largest absolute Gasteiger partial charge is 0.444 e. The Bertz CT molecular complexity index is 728. The van der Waals surface area contributed by atoms with Gasteiger partial charge in [0, 0.05) is 26.2 Å². The minimum atomic E-state index is -0.518. The topological polar surface area (TPSA) is 65.8 Å². The van der Waals surface area contributed by atoms with Crippen LogP contribution in [0.3, 0.4) is 0 Å². The SMILES string of the molecule is CC.CC.CC.CC(C)(C)OC(=O)N1CCN2CC(c3ccc(F)c(C#N)c3)OCC2C1. The zero-order valence-electron chi connectivity index (χ0n) is 21.4. The first kappa shape index (κ1) is 29.8. The maximum absolute atomic E-state index is 13.5. The van der Waals surface area contributed by atoms with Gasteiger partial charge >= 0.3 is 6.09 Å². The van der Waals surface area contributed by atoms with Gasteiger partial charge in [0.25, 0.3) is 0 Å². The van der Waals surface area contributed by atoms with Crippen molar-refractivity contribution in [1.29, 1.82) is 5.26 Å². The minimum Gasteiger partial charge on any atom is -0.444 e. The standard InChI is InChI=1S/C19H24FN3O3.3C2H6/c1-19(2,3)26-18(24)23-7-6-22-11-17(25-12-15(22)10-23)13-4-5-16(20)14(8-13)9-21;3*1-2/h4-5,8,15,17H,6-7,10-12H2,1-3H3;3*1-2H3. The van der Waals surface area contributed by atoms with Crippen LogP contribution in [0.1, 0.15) is 79.5 Å². The van der Waals surface area contributed by atoms with Crippen LogP contribution in [0.4, 0.5) is 9.18 Å². The van der Waals surface area contributed by atoms with Crippen LogP contribution in [0, 0.1) is 17.1 Å². The number of piperazine rings is 1. The monoisotopic (exact) mass is 451 g/mol. The molecule has 0 spiro atoms. The molecule has 6 nitrogen and oxygen atoms in total. The Labute approximate surface area is 194 Å². The average Bonchev–Trinajstić information content (AvgIpc) is 2.81. The normalized spacial score (nSPS) is 20.0. The van der Waals surface area contributed by atoms with E-state index >= 15 is 0 Å². The quantitative estimate of drug-likeness (QED) is 0.542. The van der Waals surface area contributed by atoms with Crippen LogP contribution in [-0.4, -0.2) is 60.3 Å². The summed E-state index contributed by atoms with van der Waals surface area (Å²) in [4.78, 5) is 16.3. The summed E-state index contributed by atoms with van der Waals surface area (Å²) in [6.45, 7) is 20.6. The van der Waals surface area contributed by atoms with Gasteiger partial charge in [0.1, 0.15) is 17.5 Å². The van der Waals surface area contributed by atoms with Gasteiger partial charge in [-0.25, -0.2) is 9.18 Å². The maximum atomic E-state index is 13.5. The molecule has 2 saturated heterocycles. The third kappa shape index (κ3) is 8.76. The number of nitrogens with zero attached hydrogens (tertiary/aromatic N) is 3. The molecule has 1 aromatic rings. The zero-order valence-corrected chi connectivity index (χ0v) is 21.4. The number of hydrogen-bond acceptors (Lipinski definition) is 5. The number of benzene rings is 1. The van der Waals surface area contributed by atoms with Crippen molar-refractivity contribution in [3.8, 4) is 6.07 Å². The van der Waals surface area contributed by atoms with Crippen LogP contribution in [-0.2, 0) is 9.47 Å². The van der Waals surface area contributed by atoms with E-state index in [4.69, 9.17) is 14.7 Å². The van der Waals surface area contributed by atoms with E-state index in [2.05, 4.69) is 4.90 Å². The van der Waals surface area contributed by atoms with Crippen molar-refractivity contribution in [3.63, 3.8) is 0 Å². The summed E-state index contributed by atoms with van der Waals surface area (Å²) < 4.78 is 24.9. The molecule has 2 aliphatic rings. The van der Waals surface area contributed by atoms with E-state index in [-0.39, 0.29) is 23.8 Å². The molecule has 0 aromatic heterocycles. The maximum Gasteiger partial charge on any atom is 0.410 e. The summed E-state index contributed by atoms with van der Waals surface area (Å²) in [6, 6.07) is 6.51. The number of hydrogen-bond donors (Lipinski definition) is 0. The Kier molecular flexibility index (Phi) is 13.8. The Morgan fingerprint density at radius 2 is 1.75 bits per heavy atom. The number of nitriles is 1. The molecule has 2 atom stereocenters. The molecule has 2 fully saturated rings. The van der Waals surface area contributed by atoms with Crippen molar-refractivity contribution in [2.75, 3.05) is 32.8 Å². The average molecular weight is 452 g/mol. The zero-order chi connectivity index (χ0) is 24.9. The van der Waals surface area contributed by atoms with Gasteiger partial charge in [-0.1, -0.05) is 47.6 Å². The van der Waals surface area contributed by atoms with Crippen molar-refractivity contribution in [2.45, 2.75) is 80.1 Å². The van der Waals surface area contributed by atoms with E-state index in [9.17, 15) is 9.18 Å². The van der Waals surface area contributed by atoms with E-state index < -0.39 is 11.4 Å². The smallest absolute Gasteiger partial charge is 0.410 e. The predicted octanol–water partition coefficient (Wildman–Crippen LogP) is 5.77. The number of rotatable bonds is 1. The highest BCUT2D eigenvalue weighted by molar-refractivity contribution is 5.68. The van der Waals surface area contributed by atoms with Gasteiger partial charge in [-0.15, -0.1) is 0 Å². The Hall–Kier alpha value is -2.17. The molecule has 0 N–H and O–H groups in total. The Morgan fingerprint density at radius 1 is 1.12 bits per heavy atom. The lowest BCUT2D eigenvalue weighted by Crippen LogP contribution is -2.60. The van der Waals surface area contributed by atoms with Gasteiger partial charge in [0.15, 0.2) is 0 Å². The summed E-state index contributed by atoms with van der Waals surface area (Å²) in [5.41, 5.74) is 0.322. The Morgan fingerprint density at radius 3 is 2.31 bits per heavy atom. The van der Waals surface area contributed by atoms with Crippen molar-refractivity contribution in [2.24, 2.45) is 0 Å². The van der Waals surface area contributed by atoms with Gasteiger partial charge in [0.05, 0.1) is 24.3 Å². The highest BCUT2D eigenvalue weighted by Crippen LogP contribution is 2.28. The second-order valence-electron chi connectivity index (χ2n) is 7.75. The molecule has 2 aliphatic heterocycles. The van der Waals surface area contributed by atoms with Crippen molar-refractivity contribution < 1.29 is 18.7 Å². The number of fused-ring (bicyclic) bond motifs is 1. The van der Waals surface area contributed by atoms with E-state index in [0.29, 0.717) is 26.2 Å². The van der Waals surface area contributed by atoms with Gasteiger partial charge in [0.2, 0.25) is 0 Å². The molecule has 0 bridgehead atoms. The molecule has 32 heavy (non-hydrogen) atoms. The molecular weight excluding hydrogens is 409 g/mol. The third-order valence-electron chi connectivity index (χ3n) is 4.63. The number of carbonyl (C=O) groups excluding carboxylic acids is 1. The molecule has 1 aromatic carbocycles. The fourth-order valence-electron chi connectivity index (χ4n) is 3.31. The van der Waals surface area contributed by atoms with Gasteiger partial charge < -0.3 is 14.4 Å². The van der Waals surface area contributed by atoms with Crippen LogP contribution in [0.2, 0.25) is 0 Å². The molecule has 2 heterocycles. The van der Waals surface area contributed by atoms with Crippen molar-refractivity contribution >= 4 is 6.09 Å². The van der Waals surface area contributed by atoms with Crippen LogP contribution in [0.15, 0.2) is 18.2 Å². The van der Waals surface area contributed by atoms with Crippen molar-refractivity contribution in [3.05, 3.63) is 35.1 Å². The summed E-state index contributed by atoms with van der Waals surface area (Å²) in [5.74, 6) is -0.518. The molecular formula is C25H42FN3O3. The number of amides is 1. The Balaban J connectivity index is 0.00000148. The second-order valence-corrected chi connectivity index (χ2v) is 7.75. The summed E-state index contributed by atoms with van der Waals surface area (Å²) >= 11 is 0. The second kappa shape index (κ2) is 14.8. The van der Waals surface area contributed by atoms with Gasteiger partial charge in [-0.2, -0.15) is 5.26 Å². The lowest BCUT2D eigenvalue weighted by Gasteiger charge is -2.46. The molecule has 3 rings (SSSR count). The van der Waals surface area contributed by atoms with Crippen LogP contribution >= 0.6 is 0 Å². The van der Waals surface area contributed by atoms with Crippen LogP contribution in [0.5, 0.6) is 0 Å². The van der Waals surface area contributed by atoms with E-state index in [0.717, 1.165) is 12.1 Å².